The highest BCUT2D eigenvalue weighted by Crippen LogP contribution is 2.01. The van der Waals surface area contributed by atoms with Gasteiger partial charge in [-0.3, -0.25) is 0 Å². The molecule has 0 aliphatic carbocycles. The summed E-state index contributed by atoms with van der Waals surface area (Å²) in [7, 11) is 0. The quantitative estimate of drug-likeness (QED) is 0.655. The summed E-state index contributed by atoms with van der Waals surface area (Å²) in [6.07, 6.45) is 4.80. The zero-order chi connectivity index (χ0) is 8.81. The third-order valence-corrected chi connectivity index (χ3v) is 1.53. The average Bonchev–Trinajstić information content (AvgIpc) is 2.05. The summed E-state index contributed by atoms with van der Waals surface area (Å²) in [4.78, 5) is 0. The Morgan fingerprint density at radius 2 is 2.00 bits per heavy atom. The first-order valence-corrected chi connectivity index (χ1v) is 4.04. The lowest BCUT2D eigenvalue weighted by Crippen LogP contribution is -1.82. The summed E-state index contributed by atoms with van der Waals surface area (Å²) in [5, 5.41) is 7.21. The van der Waals surface area contributed by atoms with Crippen molar-refractivity contribution in [3.05, 3.63) is 42.0 Å². The van der Waals surface area contributed by atoms with E-state index >= 15 is 0 Å². The van der Waals surface area contributed by atoms with Crippen LogP contribution in [0.25, 0.3) is 6.08 Å². The van der Waals surface area contributed by atoms with Crippen molar-refractivity contribution < 1.29 is 0 Å². The minimum Gasteiger partial charge on any atom is -0.310 e. The maximum Gasteiger partial charge on any atom is 0.00959 e. The van der Waals surface area contributed by atoms with Crippen molar-refractivity contribution in [3.63, 3.8) is 0 Å². The summed E-state index contributed by atoms with van der Waals surface area (Å²) < 4.78 is 0. The van der Waals surface area contributed by atoms with E-state index in [2.05, 4.69) is 12.1 Å². The highest BCUT2D eigenvalue weighted by atomic mass is 14.4. The minimum absolute atomic E-state index is 0.696. The molecule has 0 heterocycles. The van der Waals surface area contributed by atoms with E-state index in [-0.39, 0.29) is 0 Å². The van der Waals surface area contributed by atoms with Crippen molar-refractivity contribution in [2.45, 2.75) is 13.3 Å². The van der Waals surface area contributed by atoms with E-state index in [0.717, 1.165) is 6.42 Å². The lowest BCUT2D eigenvalue weighted by atomic mass is 10.2. The fourth-order valence-corrected chi connectivity index (χ4v) is 0.936. The van der Waals surface area contributed by atoms with Gasteiger partial charge in [0.05, 0.1) is 0 Å². The molecule has 62 valence electrons. The fourth-order valence-electron chi connectivity index (χ4n) is 0.936. The van der Waals surface area contributed by atoms with Gasteiger partial charge in [-0.2, -0.15) is 0 Å². The van der Waals surface area contributed by atoms with Gasteiger partial charge in [0.2, 0.25) is 0 Å². The molecule has 0 bridgehead atoms. The predicted molar refractivity (Wildman–Crippen MR) is 53.5 cm³/mol. The van der Waals surface area contributed by atoms with E-state index in [0.29, 0.717) is 5.71 Å². The second-order valence-corrected chi connectivity index (χ2v) is 2.80. The van der Waals surface area contributed by atoms with Crippen molar-refractivity contribution in [2.24, 2.45) is 0 Å². The van der Waals surface area contributed by atoms with E-state index in [1.165, 1.54) is 5.56 Å². The smallest absolute Gasteiger partial charge is 0.00959 e. The van der Waals surface area contributed by atoms with E-state index in [1.807, 2.05) is 37.3 Å². The van der Waals surface area contributed by atoms with Gasteiger partial charge in [-0.1, -0.05) is 42.5 Å². The van der Waals surface area contributed by atoms with Gasteiger partial charge in [-0.25, -0.2) is 0 Å². The van der Waals surface area contributed by atoms with Crippen molar-refractivity contribution in [2.75, 3.05) is 0 Å². The highest BCUT2D eigenvalue weighted by Gasteiger charge is 1.83. The van der Waals surface area contributed by atoms with Crippen molar-refractivity contribution in [3.8, 4) is 0 Å². The normalized spacial score (nSPS) is 10.4. The van der Waals surface area contributed by atoms with E-state index in [4.69, 9.17) is 5.41 Å². The van der Waals surface area contributed by atoms with Crippen LogP contribution in [0.15, 0.2) is 36.4 Å². The standard InChI is InChI=1S/C11H13N/c1-10(12)6-5-9-11-7-3-2-4-8-11/h2-5,7-9,12H,6H2,1H3/b9-5+,12-10?. The maximum absolute atomic E-state index is 7.21. The molecule has 12 heavy (non-hydrogen) atoms. The Morgan fingerprint density at radius 3 is 2.58 bits per heavy atom. The number of rotatable bonds is 3. The molecule has 1 aromatic rings. The summed E-state index contributed by atoms with van der Waals surface area (Å²) in [5.74, 6) is 0. The Balaban J connectivity index is 2.52. The summed E-state index contributed by atoms with van der Waals surface area (Å²) in [5.41, 5.74) is 1.89. The number of allylic oxidation sites excluding steroid dienone is 1. The molecule has 1 nitrogen and oxygen atoms in total. The minimum atomic E-state index is 0.696. The van der Waals surface area contributed by atoms with E-state index < -0.39 is 0 Å². The van der Waals surface area contributed by atoms with Crippen LogP contribution in [-0.2, 0) is 0 Å². The summed E-state index contributed by atoms with van der Waals surface area (Å²) in [6.45, 7) is 1.81. The highest BCUT2D eigenvalue weighted by molar-refractivity contribution is 5.80. The van der Waals surface area contributed by atoms with Crippen molar-refractivity contribution in [1.29, 1.82) is 5.41 Å². The topological polar surface area (TPSA) is 23.9 Å². The average molecular weight is 159 g/mol. The molecular formula is C11H13N. The van der Waals surface area contributed by atoms with E-state index in [1.54, 1.807) is 0 Å². The third kappa shape index (κ3) is 3.15. The molecule has 0 amide bonds. The van der Waals surface area contributed by atoms with Crippen molar-refractivity contribution in [1.82, 2.24) is 0 Å². The number of hydrogen-bond donors (Lipinski definition) is 1. The predicted octanol–water partition coefficient (Wildman–Crippen LogP) is 3.13. The van der Waals surface area contributed by atoms with Gasteiger partial charge in [-0.05, 0) is 12.5 Å². The molecule has 0 saturated heterocycles. The third-order valence-electron chi connectivity index (χ3n) is 1.53. The van der Waals surface area contributed by atoms with Crippen LogP contribution in [0.2, 0.25) is 0 Å². The van der Waals surface area contributed by atoms with Crippen LogP contribution in [-0.4, -0.2) is 5.71 Å². The zero-order valence-corrected chi connectivity index (χ0v) is 7.25. The summed E-state index contributed by atoms with van der Waals surface area (Å²) in [6, 6.07) is 10.1. The van der Waals surface area contributed by atoms with Crippen LogP contribution >= 0.6 is 0 Å². The van der Waals surface area contributed by atoms with Crippen LogP contribution < -0.4 is 0 Å². The Kier molecular flexibility index (Phi) is 3.27. The fraction of sp³-hybridized carbons (Fsp3) is 0.182. The first-order chi connectivity index (χ1) is 5.79. The maximum atomic E-state index is 7.21. The number of nitrogens with one attached hydrogen (secondary N) is 1. The Bertz CT molecular complexity index is 272. The zero-order valence-electron chi connectivity index (χ0n) is 7.25. The van der Waals surface area contributed by atoms with Gasteiger partial charge in [0, 0.05) is 12.1 Å². The van der Waals surface area contributed by atoms with Crippen molar-refractivity contribution >= 4 is 11.8 Å². The second-order valence-electron chi connectivity index (χ2n) is 2.80. The van der Waals surface area contributed by atoms with Crippen LogP contribution in [0, 0.1) is 5.41 Å². The van der Waals surface area contributed by atoms with Crippen LogP contribution in [0.5, 0.6) is 0 Å². The van der Waals surface area contributed by atoms with Gasteiger partial charge in [0.15, 0.2) is 0 Å². The lowest BCUT2D eigenvalue weighted by Gasteiger charge is -1.90. The Hall–Kier alpha value is -1.37. The second kappa shape index (κ2) is 4.50. The molecule has 0 unspecified atom stereocenters. The molecule has 0 spiro atoms. The van der Waals surface area contributed by atoms with Gasteiger partial charge in [-0.15, -0.1) is 0 Å². The van der Waals surface area contributed by atoms with E-state index in [9.17, 15) is 0 Å². The molecular weight excluding hydrogens is 146 g/mol. The number of hydrogen-bond acceptors (Lipinski definition) is 1. The first kappa shape index (κ1) is 8.72. The monoisotopic (exact) mass is 159 g/mol. The lowest BCUT2D eigenvalue weighted by molar-refractivity contribution is 1.35. The summed E-state index contributed by atoms with van der Waals surface area (Å²) >= 11 is 0. The SMILES string of the molecule is CC(=N)C/C=C/c1ccccc1. The Morgan fingerprint density at radius 1 is 1.33 bits per heavy atom. The molecule has 1 aromatic carbocycles. The molecule has 0 aromatic heterocycles. The number of benzene rings is 1. The molecule has 1 N–H and O–H groups in total. The molecule has 0 aliphatic heterocycles. The molecule has 0 radical (unpaired) electrons. The first-order valence-electron chi connectivity index (χ1n) is 4.04. The molecule has 1 heteroatoms. The van der Waals surface area contributed by atoms with Gasteiger partial charge in [0.1, 0.15) is 0 Å². The molecule has 0 aliphatic rings. The largest absolute Gasteiger partial charge is 0.310 e. The molecule has 0 atom stereocenters. The Labute approximate surface area is 73.3 Å². The van der Waals surface area contributed by atoms with Crippen LogP contribution in [0.3, 0.4) is 0 Å². The van der Waals surface area contributed by atoms with Gasteiger partial charge < -0.3 is 5.41 Å². The molecule has 0 saturated carbocycles. The van der Waals surface area contributed by atoms with Crippen LogP contribution in [0.4, 0.5) is 0 Å². The van der Waals surface area contributed by atoms with Gasteiger partial charge >= 0.3 is 0 Å². The van der Waals surface area contributed by atoms with Crippen LogP contribution in [0.1, 0.15) is 18.9 Å². The molecule has 1 rings (SSSR count). The van der Waals surface area contributed by atoms with Gasteiger partial charge in [0.25, 0.3) is 0 Å². The molecule has 0 fully saturated rings.